The Kier molecular flexibility index (Phi) is 7.34. The number of nitrogens with zero attached hydrogens (tertiary/aromatic N) is 5. The van der Waals surface area contributed by atoms with Crippen LogP contribution >= 0.6 is 0 Å². The number of aliphatic imine (C=N–C) groups is 2. The zero-order valence-corrected chi connectivity index (χ0v) is 25.8. The van der Waals surface area contributed by atoms with Gasteiger partial charge < -0.3 is 10.2 Å². The van der Waals surface area contributed by atoms with Crippen LogP contribution in [0.25, 0.3) is 5.69 Å². The minimum Gasteiger partial charge on any atom is -0.337 e. The molecule has 2 aliphatic heterocycles. The molecule has 220 valence electrons. The molecule has 3 heterocycles. The highest BCUT2D eigenvalue weighted by Crippen LogP contribution is 2.48. The molecular formula is C38H38N6. The van der Waals surface area contributed by atoms with Crippen molar-refractivity contribution in [3.05, 3.63) is 131 Å². The van der Waals surface area contributed by atoms with Gasteiger partial charge in [-0.3, -0.25) is 0 Å². The number of unbranched alkanes of at least 4 members (excludes halogenated alkanes) is 1. The topological polar surface area (TPSA) is 57.8 Å². The summed E-state index contributed by atoms with van der Waals surface area (Å²) in [6.45, 7) is 8.79. The molecule has 0 saturated carbocycles. The predicted molar refractivity (Wildman–Crippen MR) is 182 cm³/mol. The van der Waals surface area contributed by atoms with E-state index in [1.54, 1.807) is 0 Å². The molecule has 0 spiro atoms. The van der Waals surface area contributed by atoms with E-state index in [1.165, 1.54) is 29.5 Å². The Morgan fingerprint density at radius 2 is 1.55 bits per heavy atom. The van der Waals surface area contributed by atoms with E-state index in [9.17, 15) is 0 Å². The molecule has 7 rings (SSSR count). The highest BCUT2D eigenvalue weighted by atomic mass is 15.4. The van der Waals surface area contributed by atoms with Gasteiger partial charge in [-0.1, -0.05) is 93.9 Å². The van der Waals surface area contributed by atoms with Crippen LogP contribution in [0.15, 0.2) is 113 Å². The second kappa shape index (κ2) is 11.6. The number of para-hydroxylation sites is 3. The lowest BCUT2D eigenvalue weighted by atomic mass is 9.91. The summed E-state index contributed by atoms with van der Waals surface area (Å²) in [6.07, 6.45) is 3.47. The summed E-state index contributed by atoms with van der Waals surface area (Å²) in [5.74, 6) is 2.79. The monoisotopic (exact) mass is 578 g/mol. The fourth-order valence-corrected chi connectivity index (χ4v) is 6.20. The smallest absolute Gasteiger partial charge is 0.179 e. The average Bonchev–Trinajstić information content (AvgIpc) is 3.39. The van der Waals surface area contributed by atoms with Crippen LogP contribution in [0.4, 0.5) is 22.9 Å². The van der Waals surface area contributed by atoms with Crippen molar-refractivity contribution in [2.75, 3.05) is 10.2 Å². The van der Waals surface area contributed by atoms with Crippen LogP contribution < -0.4 is 10.2 Å². The Morgan fingerprint density at radius 1 is 0.818 bits per heavy atom. The third-order valence-electron chi connectivity index (χ3n) is 8.59. The largest absolute Gasteiger partial charge is 0.337 e. The van der Waals surface area contributed by atoms with E-state index < -0.39 is 0 Å². The average molecular weight is 579 g/mol. The maximum atomic E-state index is 5.37. The van der Waals surface area contributed by atoms with Crippen molar-refractivity contribution in [2.24, 2.45) is 9.98 Å². The molecule has 0 unspecified atom stereocenters. The van der Waals surface area contributed by atoms with Crippen molar-refractivity contribution in [3.63, 3.8) is 0 Å². The Morgan fingerprint density at radius 3 is 2.27 bits per heavy atom. The Balaban J connectivity index is 1.41. The lowest BCUT2D eigenvalue weighted by molar-refractivity contribution is 0.795. The van der Waals surface area contributed by atoms with Crippen LogP contribution in [-0.4, -0.2) is 21.5 Å². The summed E-state index contributed by atoms with van der Waals surface area (Å²) >= 11 is 0. The second-order valence-electron chi connectivity index (χ2n) is 12.0. The number of aromatic nitrogens is 2. The lowest BCUT2D eigenvalue weighted by Crippen LogP contribution is -2.46. The molecular weight excluding hydrogens is 540 g/mol. The van der Waals surface area contributed by atoms with Gasteiger partial charge in [0.05, 0.1) is 28.8 Å². The minimum atomic E-state index is -0.138. The summed E-state index contributed by atoms with van der Waals surface area (Å²) in [5.41, 5.74) is 9.83. The van der Waals surface area contributed by atoms with Gasteiger partial charge in [0.15, 0.2) is 17.5 Å². The molecule has 44 heavy (non-hydrogen) atoms. The van der Waals surface area contributed by atoms with Crippen molar-refractivity contribution in [1.82, 2.24) is 9.78 Å². The highest BCUT2D eigenvalue weighted by molar-refractivity contribution is 6.51. The number of fused-ring (bicyclic) bond motifs is 4. The summed E-state index contributed by atoms with van der Waals surface area (Å²) in [6, 6.07) is 36.2. The third kappa shape index (κ3) is 5.00. The predicted octanol–water partition coefficient (Wildman–Crippen LogP) is 9.44. The number of aryl methyl sites for hydroxylation is 2. The van der Waals surface area contributed by atoms with E-state index in [2.05, 4.69) is 117 Å². The van der Waals surface area contributed by atoms with Gasteiger partial charge in [0, 0.05) is 11.3 Å². The Bertz CT molecular complexity index is 1850. The van der Waals surface area contributed by atoms with Crippen molar-refractivity contribution in [3.8, 4) is 5.69 Å². The first-order valence-corrected chi connectivity index (χ1v) is 15.7. The van der Waals surface area contributed by atoms with E-state index >= 15 is 0 Å². The van der Waals surface area contributed by atoms with Crippen LogP contribution in [0.1, 0.15) is 73.5 Å². The summed E-state index contributed by atoms with van der Waals surface area (Å²) in [7, 11) is 0. The zero-order valence-electron chi connectivity index (χ0n) is 25.8. The van der Waals surface area contributed by atoms with Crippen molar-refractivity contribution < 1.29 is 0 Å². The second-order valence-corrected chi connectivity index (χ2v) is 12.0. The van der Waals surface area contributed by atoms with Crippen LogP contribution in [0.3, 0.4) is 0 Å². The molecule has 2 aliphatic rings. The molecule has 0 radical (unpaired) electrons. The SMILES string of the molecule is CCCCc1ccc(NC2=Nc3ccccc3N3C2=Nc2c(c(C)nn2-c2ccccc2)[C@H]3c2ccc(C(C)C)cc2)cc1. The third-order valence-corrected chi connectivity index (χ3v) is 8.59. The van der Waals surface area contributed by atoms with E-state index in [1.807, 2.05) is 28.9 Å². The van der Waals surface area contributed by atoms with Gasteiger partial charge in [0.1, 0.15) is 0 Å². The summed E-state index contributed by atoms with van der Waals surface area (Å²) in [5, 5.41) is 8.71. The lowest BCUT2D eigenvalue weighted by Gasteiger charge is -2.40. The molecule has 0 saturated heterocycles. The molecule has 0 amide bonds. The number of nitrogens with one attached hydrogen (secondary N) is 1. The van der Waals surface area contributed by atoms with E-state index in [4.69, 9.17) is 15.1 Å². The molecule has 1 aromatic heterocycles. The first-order valence-electron chi connectivity index (χ1n) is 15.7. The summed E-state index contributed by atoms with van der Waals surface area (Å²) < 4.78 is 1.98. The van der Waals surface area contributed by atoms with Crippen molar-refractivity contribution in [1.29, 1.82) is 0 Å². The number of benzene rings is 4. The maximum Gasteiger partial charge on any atom is 0.179 e. The van der Waals surface area contributed by atoms with Crippen LogP contribution in [0.2, 0.25) is 0 Å². The van der Waals surface area contributed by atoms with Gasteiger partial charge in [-0.25, -0.2) is 14.7 Å². The first kappa shape index (κ1) is 27.8. The first-order chi connectivity index (χ1) is 21.5. The van der Waals surface area contributed by atoms with E-state index in [-0.39, 0.29) is 6.04 Å². The quantitative estimate of drug-likeness (QED) is 0.209. The van der Waals surface area contributed by atoms with Gasteiger partial charge in [0.25, 0.3) is 0 Å². The number of amidine groups is 2. The minimum absolute atomic E-state index is 0.138. The van der Waals surface area contributed by atoms with E-state index in [0.29, 0.717) is 5.92 Å². The number of hydrogen-bond donors (Lipinski definition) is 1. The molecule has 0 aliphatic carbocycles. The van der Waals surface area contributed by atoms with Crippen LogP contribution in [0.5, 0.6) is 0 Å². The molecule has 0 fully saturated rings. The Labute approximate surface area is 259 Å². The standard InChI is InChI=1S/C38H38N6/c1-5-6-12-27-17-23-30(24-18-27)39-36-38-41-37-34(26(4)42-44(37)31-13-8-7-9-14-31)35(29-21-19-28(20-22-29)25(2)3)43(38)33-16-11-10-15-32(33)40-36/h7-11,13-25,35H,5-6,12H2,1-4H3,(H,39,40)/t35-/m1/s1. The van der Waals surface area contributed by atoms with Gasteiger partial charge in [-0.05, 0) is 78.8 Å². The molecule has 5 aromatic rings. The molecule has 4 aromatic carbocycles. The normalized spacial score (nSPS) is 15.3. The highest BCUT2D eigenvalue weighted by Gasteiger charge is 2.41. The molecule has 1 N–H and O–H groups in total. The summed E-state index contributed by atoms with van der Waals surface area (Å²) in [4.78, 5) is 12.9. The fourth-order valence-electron chi connectivity index (χ4n) is 6.20. The fraction of sp³-hybridized carbons (Fsp3) is 0.237. The van der Waals surface area contributed by atoms with Crippen molar-refractivity contribution in [2.45, 2.75) is 58.9 Å². The molecule has 6 heteroatoms. The van der Waals surface area contributed by atoms with Gasteiger partial charge in [-0.2, -0.15) is 5.10 Å². The van der Waals surface area contributed by atoms with Crippen LogP contribution in [0, 0.1) is 6.92 Å². The molecule has 1 atom stereocenters. The van der Waals surface area contributed by atoms with Crippen molar-refractivity contribution >= 4 is 34.6 Å². The van der Waals surface area contributed by atoms with E-state index in [0.717, 1.165) is 57.9 Å². The zero-order chi connectivity index (χ0) is 30.2. The number of hydrogen-bond acceptors (Lipinski definition) is 5. The molecule has 6 nitrogen and oxygen atoms in total. The maximum absolute atomic E-state index is 5.37. The van der Waals surface area contributed by atoms with Gasteiger partial charge in [-0.15, -0.1) is 0 Å². The molecule has 0 bridgehead atoms. The van der Waals surface area contributed by atoms with Gasteiger partial charge >= 0.3 is 0 Å². The van der Waals surface area contributed by atoms with Gasteiger partial charge in [0.2, 0.25) is 0 Å². The number of rotatable bonds is 7. The Hall–Kier alpha value is -4.97. The number of anilines is 2. The van der Waals surface area contributed by atoms with Crippen LogP contribution in [-0.2, 0) is 6.42 Å².